The molecular formula is C8H11ClO. The van der Waals surface area contributed by atoms with Gasteiger partial charge in [0, 0.05) is 13.0 Å². The number of hydrogen-bond acceptors (Lipinski definition) is 1. The van der Waals surface area contributed by atoms with Crippen molar-refractivity contribution in [3.8, 4) is 12.3 Å². The lowest BCUT2D eigenvalue weighted by Crippen LogP contribution is -2.29. The van der Waals surface area contributed by atoms with E-state index in [4.69, 9.17) is 22.8 Å². The third-order valence-electron chi connectivity index (χ3n) is 1.68. The van der Waals surface area contributed by atoms with Crippen molar-refractivity contribution in [3.63, 3.8) is 0 Å². The lowest BCUT2D eigenvalue weighted by molar-refractivity contribution is 0.0231. The molecule has 1 nitrogen and oxygen atoms in total. The number of alkyl halides is 1. The second-order valence-electron chi connectivity index (χ2n) is 2.48. The van der Waals surface area contributed by atoms with Crippen molar-refractivity contribution in [1.29, 1.82) is 0 Å². The Labute approximate surface area is 66.7 Å². The molecule has 2 atom stereocenters. The molecule has 0 spiro atoms. The highest BCUT2D eigenvalue weighted by molar-refractivity contribution is 6.21. The van der Waals surface area contributed by atoms with E-state index in [0.717, 1.165) is 19.4 Å². The van der Waals surface area contributed by atoms with E-state index in [1.807, 2.05) is 0 Å². The van der Waals surface area contributed by atoms with E-state index in [9.17, 15) is 0 Å². The first-order valence-electron chi connectivity index (χ1n) is 3.53. The number of rotatable bonds is 1. The summed E-state index contributed by atoms with van der Waals surface area (Å²) in [4.78, 5) is 0. The lowest BCUT2D eigenvalue weighted by atomic mass is 10.1. The van der Waals surface area contributed by atoms with Crippen LogP contribution in [0.15, 0.2) is 0 Å². The van der Waals surface area contributed by atoms with Gasteiger partial charge in [0.1, 0.15) is 0 Å². The summed E-state index contributed by atoms with van der Waals surface area (Å²) in [6.07, 6.45) is 7.98. The Balaban J connectivity index is 2.34. The van der Waals surface area contributed by atoms with Crippen LogP contribution in [0.3, 0.4) is 0 Å². The number of halogens is 1. The van der Waals surface area contributed by atoms with Gasteiger partial charge in [0.25, 0.3) is 0 Å². The zero-order valence-electron chi connectivity index (χ0n) is 5.85. The fraction of sp³-hybridized carbons (Fsp3) is 0.750. The zero-order valence-corrected chi connectivity index (χ0v) is 6.60. The van der Waals surface area contributed by atoms with Gasteiger partial charge in [0.15, 0.2) is 0 Å². The van der Waals surface area contributed by atoms with E-state index in [1.165, 1.54) is 0 Å². The number of ether oxygens (including phenoxy) is 1. The van der Waals surface area contributed by atoms with Crippen molar-refractivity contribution in [2.24, 2.45) is 0 Å². The van der Waals surface area contributed by atoms with E-state index in [-0.39, 0.29) is 11.5 Å². The topological polar surface area (TPSA) is 9.23 Å². The highest BCUT2D eigenvalue weighted by Gasteiger charge is 2.22. The van der Waals surface area contributed by atoms with Crippen LogP contribution >= 0.6 is 11.6 Å². The Morgan fingerprint density at radius 2 is 2.50 bits per heavy atom. The van der Waals surface area contributed by atoms with Crippen molar-refractivity contribution >= 4 is 11.6 Å². The SMILES string of the molecule is C#CCC1OCCCC1Cl. The summed E-state index contributed by atoms with van der Waals surface area (Å²) in [7, 11) is 0. The van der Waals surface area contributed by atoms with Crippen LogP contribution in [0.1, 0.15) is 19.3 Å². The summed E-state index contributed by atoms with van der Waals surface area (Å²) in [6, 6.07) is 0. The van der Waals surface area contributed by atoms with Crippen molar-refractivity contribution in [1.82, 2.24) is 0 Å². The second kappa shape index (κ2) is 3.85. The summed E-state index contributed by atoms with van der Waals surface area (Å²) >= 11 is 5.94. The van der Waals surface area contributed by atoms with Crippen molar-refractivity contribution in [2.75, 3.05) is 6.61 Å². The minimum absolute atomic E-state index is 0.0976. The molecule has 0 bridgehead atoms. The first-order chi connectivity index (χ1) is 4.84. The quantitative estimate of drug-likeness (QED) is 0.418. The second-order valence-corrected chi connectivity index (χ2v) is 3.04. The predicted molar refractivity (Wildman–Crippen MR) is 42.1 cm³/mol. The highest BCUT2D eigenvalue weighted by atomic mass is 35.5. The van der Waals surface area contributed by atoms with E-state index >= 15 is 0 Å². The van der Waals surface area contributed by atoms with E-state index in [1.54, 1.807) is 0 Å². The molecule has 0 amide bonds. The predicted octanol–water partition coefficient (Wildman–Crippen LogP) is 1.80. The molecular weight excluding hydrogens is 148 g/mol. The third kappa shape index (κ3) is 1.90. The van der Waals surface area contributed by atoms with Gasteiger partial charge >= 0.3 is 0 Å². The third-order valence-corrected chi connectivity index (χ3v) is 2.18. The smallest absolute Gasteiger partial charge is 0.0847 e. The van der Waals surface area contributed by atoms with Gasteiger partial charge in [-0.1, -0.05) is 0 Å². The Kier molecular flexibility index (Phi) is 3.05. The van der Waals surface area contributed by atoms with Gasteiger partial charge in [-0.3, -0.25) is 0 Å². The maximum Gasteiger partial charge on any atom is 0.0847 e. The van der Waals surface area contributed by atoms with Crippen LogP contribution in [0.25, 0.3) is 0 Å². The lowest BCUT2D eigenvalue weighted by Gasteiger charge is -2.25. The Hall–Kier alpha value is -0.190. The first kappa shape index (κ1) is 7.91. The molecule has 1 aliphatic rings. The molecule has 0 aromatic heterocycles. The molecule has 1 heterocycles. The molecule has 2 heteroatoms. The summed E-state index contributed by atoms with van der Waals surface area (Å²) < 4.78 is 5.36. The fourth-order valence-electron chi connectivity index (χ4n) is 1.11. The fourth-order valence-corrected chi connectivity index (χ4v) is 1.42. The Morgan fingerprint density at radius 1 is 1.70 bits per heavy atom. The molecule has 1 rings (SSSR count). The van der Waals surface area contributed by atoms with Crippen LogP contribution in [0.5, 0.6) is 0 Å². The molecule has 0 radical (unpaired) electrons. The molecule has 1 saturated heterocycles. The standard InChI is InChI=1S/C8H11ClO/c1-2-4-8-7(9)5-3-6-10-8/h1,7-8H,3-6H2. The van der Waals surface area contributed by atoms with E-state index < -0.39 is 0 Å². The monoisotopic (exact) mass is 158 g/mol. The van der Waals surface area contributed by atoms with Gasteiger partial charge in [-0.15, -0.1) is 23.9 Å². The summed E-state index contributed by atoms with van der Waals surface area (Å²) in [5, 5.41) is 0.129. The van der Waals surface area contributed by atoms with Gasteiger partial charge in [-0.2, -0.15) is 0 Å². The Morgan fingerprint density at radius 3 is 3.10 bits per heavy atom. The molecule has 0 aromatic carbocycles. The molecule has 0 saturated carbocycles. The van der Waals surface area contributed by atoms with Gasteiger partial charge in [0.05, 0.1) is 11.5 Å². The van der Waals surface area contributed by atoms with Crippen molar-refractivity contribution < 1.29 is 4.74 Å². The van der Waals surface area contributed by atoms with Gasteiger partial charge in [-0.05, 0) is 12.8 Å². The van der Waals surface area contributed by atoms with E-state index in [0.29, 0.717) is 6.42 Å². The van der Waals surface area contributed by atoms with Crippen LogP contribution in [0, 0.1) is 12.3 Å². The number of hydrogen-bond donors (Lipinski definition) is 0. The number of terminal acetylenes is 1. The van der Waals surface area contributed by atoms with Gasteiger partial charge < -0.3 is 4.74 Å². The van der Waals surface area contributed by atoms with Crippen LogP contribution in [0.2, 0.25) is 0 Å². The molecule has 0 aliphatic carbocycles. The summed E-state index contributed by atoms with van der Waals surface area (Å²) in [5.74, 6) is 2.56. The molecule has 1 aliphatic heterocycles. The van der Waals surface area contributed by atoms with Gasteiger partial charge in [0.2, 0.25) is 0 Å². The molecule has 0 aromatic rings. The minimum Gasteiger partial charge on any atom is -0.376 e. The average molecular weight is 159 g/mol. The van der Waals surface area contributed by atoms with Crippen LogP contribution < -0.4 is 0 Å². The van der Waals surface area contributed by atoms with E-state index in [2.05, 4.69) is 5.92 Å². The van der Waals surface area contributed by atoms with Crippen LogP contribution in [0.4, 0.5) is 0 Å². The molecule has 10 heavy (non-hydrogen) atoms. The van der Waals surface area contributed by atoms with Crippen LogP contribution in [-0.2, 0) is 4.74 Å². The highest BCUT2D eigenvalue weighted by Crippen LogP contribution is 2.20. The maximum atomic E-state index is 5.94. The Bertz CT molecular complexity index is 139. The molecule has 1 fully saturated rings. The average Bonchev–Trinajstić information content (AvgIpc) is 1.94. The van der Waals surface area contributed by atoms with Crippen LogP contribution in [-0.4, -0.2) is 18.1 Å². The first-order valence-corrected chi connectivity index (χ1v) is 3.97. The normalized spacial score (nSPS) is 33.2. The van der Waals surface area contributed by atoms with Gasteiger partial charge in [-0.25, -0.2) is 0 Å². The summed E-state index contributed by atoms with van der Waals surface area (Å²) in [5.41, 5.74) is 0. The van der Waals surface area contributed by atoms with Crippen molar-refractivity contribution in [3.05, 3.63) is 0 Å². The summed E-state index contributed by atoms with van der Waals surface area (Å²) in [6.45, 7) is 0.815. The molecule has 2 unspecified atom stereocenters. The molecule has 56 valence electrons. The maximum absolute atomic E-state index is 5.94. The zero-order chi connectivity index (χ0) is 7.40. The minimum atomic E-state index is 0.0976. The van der Waals surface area contributed by atoms with Crippen molar-refractivity contribution in [2.45, 2.75) is 30.7 Å². The largest absolute Gasteiger partial charge is 0.376 e. The molecule has 0 N–H and O–H groups in total.